The molecule has 8 heteroatoms. The maximum absolute atomic E-state index is 14.4. The quantitative estimate of drug-likeness (QED) is 0.457. The summed E-state index contributed by atoms with van der Waals surface area (Å²) in [5.74, 6) is 5.68. The van der Waals surface area contributed by atoms with E-state index in [1.54, 1.807) is 11.1 Å². The fourth-order valence-corrected chi connectivity index (χ4v) is 7.82. The molecule has 2 amide bonds. The van der Waals surface area contributed by atoms with Gasteiger partial charge in [-0.1, -0.05) is 36.8 Å². The van der Waals surface area contributed by atoms with Gasteiger partial charge in [-0.15, -0.1) is 0 Å². The zero-order chi connectivity index (χ0) is 29.3. The number of carbonyl (C=O) groups excluding carboxylic acids is 2. The van der Waals surface area contributed by atoms with Gasteiger partial charge in [0, 0.05) is 29.9 Å². The Kier molecular flexibility index (Phi) is 6.04. The van der Waals surface area contributed by atoms with Crippen LogP contribution in [0.15, 0.2) is 54.7 Å². The molecule has 6 nitrogen and oxygen atoms in total. The maximum atomic E-state index is 14.4. The zero-order valence-electron chi connectivity index (χ0n) is 23.8. The second-order valence-corrected chi connectivity index (χ2v) is 12.5. The van der Waals surface area contributed by atoms with Crippen LogP contribution in [-0.4, -0.2) is 52.3 Å². The Morgan fingerprint density at radius 1 is 1.00 bits per heavy atom. The molecule has 2 aromatic carbocycles. The van der Waals surface area contributed by atoms with Gasteiger partial charge in [0.25, 0.3) is 0 Å². The van der Waals surface area contributed by atoms with Gasteiger partial charge >= 0.3 is 0 Å². The van der Waals surface area contributed by atoms with Crippen LogP contribution in [0.25, 0.3) is 0 Å². The summed E-state index contributed by atoms with van der Waals surface area (Å²) in [5.41, 5.74) is 2.12. The molecule has 2 spiro atoms. The van der Waals surface area contributed by atoms with E-state index >= 15 is 0 Å². The highest BCUT2D eigenvalue weighted by Gasteiger charge is 2.56. The number of fused-ring (bicyclic) bond motifs is 3. The monoisotopic (exact) mass is 566 g/mol. The Balaban J connectivity index is 1.19. The molecule has 3 aromatic rings. The first-order valence-corrected chi connectivity index (χ1v) is 14.5. The first-order valence-electron chi connectivity index (χ1n) is 14.5. The van der Waals surface area contributed by atoms with E-state index in [1.165, 1.54) is 12.1 Å². The van der Waals surface area contributed by atoms with E-state index in [4.69, 9.17) is 0 Å². The number of amides is 2. The van der Waals surface area contributed by atoms with Crippen molar-refractivity contribution in [3.63, 3.8) is 0 Å². The van der Waals surface area contributed by atoms with Crippen molar-refractivity contribution in [2.45, 2.75) is 61.9 Å². The third-order valence-electron chi connectivity index (χ3n) is 10.1. The van der Waals surface area contributed by atoms with E-state index in [0.29, 0.717) is 30.8 Å². The fraction of sp³-hybridized carbons (Fsp3) is 0.382. The molecule has 42 heavy (non-hydrogen) atoms. The van der Waals surface area contributed by atoms with Crippen molar-refractivity contribution < 1.29 is 18.4 Å². The average molecular weight is 567 g/mol. The molecule has 3 heterocycles. The second-order valence-electron chi connectivity index (χ2n) is 12.5. The lowest BCUT2D eigenvalue weighted by Crippen LogP contribution is -2.70. The number of likely N-dealkylation sites (N-methyl/N-ethyl adjacent to an activating group) is 1. The van der Waals surface area contributed by atoms with Gasteiger partial charge in [0.15, 0.2) is 0 Å². The number of hydrogen-bond acceptors (Lipinski definition) is 4. The lowest BCUT2D eigenvalue weighted by Gasteiger charge is -2.55. The lowest BCUT2D eigenvalue weighted by atomic mass is 9.79. The molecule has 2 aliphatic heterocycles. The molecular formula is C34H32F2N4O2. The van der Waals surface area contributed by atoms with Crippen molar-refractivity contribution in [1.29, 1.82) is 0 Å². The van der Waals surface area contributed by atoms with Crippen LogP contribution in [0.1, 0.15) is 60.4 Å². The van der Waals surface area contributed by atoms with Crippen LogP contribution >= 0.6 is 0 Å². The van der Waals surface area contributed by atoms with Crippen LogP contribution in [0.5, 0.6) is 0 Å². The molecule has 1 aromatic heterocycles. The van der Waals surface area contributed by atoms with Gasteiger partial charge in [0.1, 0.15) is 23.0 Å². The molecule has 1 saturated heterocycles. The number of nitrogens with zero attached hydrogens (tertiary/aromatic N) is 3. The SMILES string of the molecule is CN1C[C@@](C)(c2cc(F)cc(F)c2)N(CC#Cc2ccc3c(c2)C[C@@]2(C3)C(=O)Nc3ncccc32)C(=O)C12CCCC2. The summed E-state index contributed by atoms with van der Waals surface area (Å²) in [7, 11) is 1.94. The number of halogens is 2. The Morgan fingerprint density at radius 2 is 1.74 bits per heavy atom. The molecule has 2 aliphatic carbocycles. The number of aromatic nitrogens is 1. The summed E-state index contributed by atoms with van der Waals surface area (Å²) >= 11 is 0. The Hall–Kier alpha value is -4.09. The summed E-state index contributed by atoms with van der Waals surface area (Å²) in [6, 6.07) is 13.3. The average Bonchev–Trinajstić information content (AvgIpc) is 3.66. The van der Waals surface area contributed by atoms with E-state index in [9.17, 15) is 18.4 Å². The van der Waals surface area contributed by atoms with Crippen molar-refractivity contribution in [2.75, 3.05) is 25.5 Å². The normalized spacial score (nSPS) is 25.9. The molecular weight excluding hydrogens is 534 g/mol. The van der Waals surface area contributed by atoms with Crippen LogP contribution in [-0.2, 0) is 33.4 Å². The van der Waals surface area contributed by atoms with Crippen molar-refractivity contribution in [1.82, 2.24) is 14.8 Å². The number of nitrogens with one attached hydrogen (secondary N) is 1. The van der Waals surface area contributed by atoms with E-state index in [0.717, 1.165) is 54.0 Å². The molecule has 7 rings (SSSR count). The highest BCUT2D eigenvalue weighted by molar-refractivity contribution is 6.06. The summed E-state index contributed by atoms with van der Waals surface area (Å²) in [4.78, 5) is 35.4. The molecule has 0 bridgehead atoms. The van der Waals surface area contributed by atoms with Gasteiger partial charge in [-0.3, -0.25) is 14.5 Å². The Bertz CT molecular complexity index is 1680. The summed E-state index contributed by atoms with van der Waals surface area (Å²) in [5, 5.41) is 2.94. The topological polar surface area (TPSA) is 65.5 Å². The molecule has 0 radical (unpaired) electrons. The molecule has 2 atom stereocenters. The number of rotatable bonds is 2. The number of carbonyl (C=O) groups is 2. The van der Waals surface area contributed by atoms with Crippen LogP contribution < -0.4 is 5.32 Å². The van der Waals surface area contributed by atoms with Crippen LogP contribution in [0.4, 0.5) is 14.6 Å². The van der Waals surface area contributed by atoms with E-state index in [-0.39, 0.29) is 18.4 Å². The van der Waals surface area contributed by atoms with Gasteiger partial charge in [-0.05, 0) is 86.7 Å². The number of benzene rings is 2. The third kappa shape index (κ3) is 3.90. The largest absolute Gasteiger partial charge is 0.319 e. The first kappa shape index (κ1) is 26.8. The van der Waals surface area contributed by atoms with Crippen molar-refractivity contribution in [3.8, 4) is 11.8 Å². The van der Waals surface area contributed by atoms with Gasteiger partial charge in [0.05, 0.1) is 17.5 Å². The molecule has 4 aliphatic rings. The van der Waals surface area contributed by atoms with Crippen molar-refractivity contribution >= 4 is 17.6 Å². The standard InChI is InChI=1S/C34H32F2N4O2/c1-32(25-16-26(35)18-27(36)17-25)21-39(2)34(11-3-4-12-34)31(42)40(32)14-6-7-22-9-10-23-19-33(20-24(23)15-22)28-8-5-13-37-29(28)38-30(33)41/h5,8-10,13,15-18H,3-4,11-12,14,19-21H2,1-2H3,(H,37,38,41)/t32-,33+/m0/s1. The molecule has 1 saturated carbocycles. The van der Waals surface area contributed by atoms with Gasteiger partial charge in [0.2, 0.25) is 11.8 Å². The number of anilines is 1. The maximum Gasteiger partial charge on any atom is 0.244 e. The predicted octanol–water partition coefficient (Wildman–Crippen LogP) is 4.70. The van der Waals surface area contributed by atoms with Gasteiger partial charge in [-0.2, -0.15) is 0 Å². The summed E-state index contributed by atoms with van der Waals surface area (Å²) in [6.45, 7) is 2.45. The number of pyridine rings is 1. The molecule has 1 N–H and O–H groups in total. The van der Waals surface area contributed by atoms with E-state index < -0.39 is 28.1 Å². The van der Waals surface area contributed by atoms with Crippen LogP contribution in [0.2, 0.25) is 0 Å². The summed E-state index contributed by atoms with van der Waals surface area (Å²) in [6.07, 6.45) is 6.33. The number of hydrogen-bond donors (Lipinski definition) is 1. The predicted molar refractivity (Wildman–Crippen MR) is 155 cm³/mol. The minimum absolute atomic E-state index is 0.0254. The lowest BCUT2D eigenvalue weighted by molar-refractivity contribution is -0.161. The first-order chi connectivity index (χ1) is 20.1. The van der Waals surface area contributed by atoms with E-state index in [1.807, 2.05) is 44.3 Å². The fourth-order valence-electron chi connectivity index (χ4n) is 7.82. The smallest absolute Gasteiger partial charge is 0.244 e. The highest BCUT2D eigenvalue weighted by atomic mass is 19.1. The van der Waals surface area contributed by atoms with E-state index in [2.05, 4.69) is 27.0 Å². The van der Waals surface area contributed by atoms with Gasteiger partial charge in [-0.25, -0.2) is 13.8 Å². The Labute approximate surface area is 244 Å². The zero-order valence-corrected chi connectivity index (χ0v) is 23.8. The minimum atomic E-state index is -0.959. The van der Waals surface area contributed by atoms with Gasteiger partial charge < -0.3 is 10.2 Å². The number of piperazine rings is 1. The third-order valence-corrected chi connectivity index (χ3v) is 10.1. The summed E-state index contributed by atoms with van der Waals surface area (Å²) < 4.78 is 28.7. The minimum Gasteiger partial charge on any atom is -0.319 e. The second kappa shape index (κ2) is 9.47. The molecule has 214 valence electrons. The van der Waals surface area contributed by atoms with Crippen LogP contribution in [0, 0.1) is 23.5 Å². The van der Waals surface area contributed by atoms with Crippen molar-refractivity contribution in [3.05, 3.63) is 94.2 Å². The van der Waals surface area contributed by atoms with Crippen LogP contribution in [0.3, 0.4) is 0 Å². The van der Waals surface area contributed by atoms with Crippen molar-refractivity contribution in [2.24, 2.45) is 0 Å². The highest BCUT2D eigenvalue weighted by Crippen LogP contribution is 2.47. The molecule has 2 fully saturated rings. The molecule has 0 unspecified atom stereocenters. The Morgan fingerprint density at radius 3 is 2.50 bits per heavy atom.